The summed E-state index contributed by atoms with van der Waals surface area (Å²) in [6.45, 7) is -0.118. The summed E-state index contributed by atoms with van der Waals surface area (Å²) in [5.41, 5.74) is 0.249. The lowest BCUT2D eigenvalue weighted by Crippen LogP contribution is -2.31. The maximum atomic E-state index is 11.9. The van der Waals surface area contributed by atoms with Crippen LogP contribution in [0.15, 0.2) is 16.7 Å². The van der Waals surface area contributed by atoms with Crippen molar-refractivity contribution in [1.29, 1.82) is 0 Å². The number of methoxy groups -OCH3 is 1. The lowest BCUT2D eigenvalue weighted by atomic mass is 10.3. The lowest BCUT2D eigenvalue weighted by molar-refractivity contribution is -0.00359. The Kier molecular flexibility index (Phi) is 5.05. The fourth-order valence-corrected chi connectivity index (χ4v) is 1.13. The average molecular weight is 249 g/mol. The molecule has 1 heterocycles. The summed E-state index contributed by atoms with van der Waals surface area (Å²) in [5, 5.41) is 11.4. The van der Waals surface area contributed by atoms with E-state index in [9.17, 15) is 13.6 Å². The van der Waals surface area contributed by atoms with E-state index in [1.165, 1.54) is 19.4 Å². The van der Waals surface area contributed by atoms with Gasteiger partial charge in [-0.3, -0.25) is 0 Å². The van der Waals surface area contributed by atoms with Crippen molar-refractivity contribution in [3.63, 3.8) is 0 Å². The van der Waals surface area contributed by atoms with Crippen LogP contribution in [0.25, 0.3) is 0 Å². The number of aliphatic hydroxyl groups excluding tert-OH is 1. The van der Waals surface area contributed by atoms with Crippen LogP contribution >= 0.6 is 0 Å². The van der Waals surface area contributed by atoms with Crippen molar-refractivity contribution >= 4 is 5.97 Å². The average Bonchev–Trinajstić information content (AvgIpc) is 2.76. The van der Waals surface area contributed by atoms with E-state index in [-0.39, 0.29) is 18.7 Å². The molecule has 1 aromatic rings. The Balaban J connectivity index is 2.37. The molecule has 0 aliphatic carbocycles. The van der Waals surface area contributed by atoms with Crippen molar-refractivity contribution in [3.8, 4) is 0 Å². The Morgan fingerprint density at radius 2 is 2.35 bits per heavy atom. The standard InChI is InChI=1S/C10H13F2NO4/c1-16-10(15)6-2-7(17-5-6)3-13-4-8(14)9(11)12/h2,5,8-9,13-14H,3-4H2,1H3. The summed E-state index contributed by atoms with van der Waals surface area (Å²) >= 11 is 0. The van der Waals surface area contributed by atoms with Crippen LogP contribution in [0.5, 0.6) is 0 Å². The Bertz CT molecular complexity index is 367. The quantitative estimate of drug-likeness (QED) is 0.729. The first-order valence-electron chi connectivity index (χ1n) is 4.87. The van der Waals surface area contributed by atoms with Gasteiger partial charge in [0.2, 0.25) is 0 Å². The first-order valence-corrected chi connectivity index (χ1v) is 4.87. The number of nitrogens with one attached hydrogen (secondary N) is 1. The topological polar surface area (TPSA) is 71.7 Å². The molecule has 0 radical (unpaired) electrons. The molecule has 1 rings (SSSR count). The maximum Gasteiger partial charge on any atom is 0.341 e. The van der Waals surface area contributed by atoms with Gasteiger partial charge in [0, 0.05) is 6.54 Å². The number of carbonyl (C=O) groups excluding carboxylic acids is 1. The maximum absolute atomic E-state index is 11.9. The summed E-state index contributed by atoms with van der Waals surface area (Å²) in [6.07, 6.45) is -3.29. The van der Waals surface area contributed by atoms with Crippen LogP contribution in [0.1, 0.15) is 16.1 Å². The van der Waals surface area contributed by atoms with Gasteiger partial charge in [0.25, 0.3) is 6.43 Å². The zero-order chi connectivity index (χ0) is 12.8. The van der Waals surface area contributed by atoms with Crippen LogP contribution in [-0.2, 0) is 11.3 Å². The van der Waals surface area contributed by atoms with E-state index < -0.39 is 18.5 Å². The van der Waals surface area contributed by atoms with Crippen molar-refractivity contribution < 1.29 is 27.8 Å². The van der Waals surface area contributed by atoms with E-state index in [0.29, 0.717) is 5.76 Å². The van der Waals surface area contributed by atoms with Crippen molar-refractivity contribution in [1.82, 2.24) is 5.32 Å². The number of aliphatic hydroxyl groups is 1. The molecule has 17 heavy (non-hydrogen) atoms. The van der Waals surface area contributed by atoms with Gasteiger partial charge < -0.3 is 19.6 Å². The van der Waals surface area contributed by atoms with E-state index in [4.69, 9.17) is 9.52 Å². The number of alkyl halides is 2. The Morgan fingerprint density at radius 1 is 1.65 bits per heavy atom. The summed E-state index contributed by atoms with van der Waals surface area (Å²) in [6, 6.07) is 1.44. The third kappa shape index (κ3) is 4.12. The van der Waals surface area contributed by atoms with Crippen molar-refractivity contribution in [2.75, 3.05) is 13.7 Å². The molecule has 5 nitrogen and oxygen atoms in total. The molecular weight excluding hydrogens is 236 g/mol. The predicted molar refractivity (Wildman–Crippen MR) is 53.8 cm³/mol. The van der Waals surface area contributed by atoms with Gasteiger partial charge in [0.05, 0.1) is 19.2 Å². The highest BCUT2D eigenvalue weighted by molar-refractivity contribution is 5.88. The molecule has 0 aromatic carbocycles. The second-order valence-corrected chi connectivity index (χ2v) is 3.33. The van der Waals surface area contributed by atoms with Gasteiger partial charge in [0.15, 0.2) is 0 Å². The SMILES string of the molecule is COC(=O)c1coc(CNCC(O)C(F)F)c1. The second-order valence-electron chi connectivity index (χ2n) is 3.33. The highest BCUT2D eigenvalue weighted by Gasteiger charge is 2.16. The number of carbonyl (C=O) groups is 1. The lowest BCUT2D eigenvalue weighted by Gasteiger charge is -2.09. The van der Waals surface area contributed by atoms with Crippen LogP contribution in [0, 0.1) is 0 Å². The van der Waals surface area contributed by atoms with E-state index in [1.54, 1.807) is 0 Å². The molecule has 0 bridgehead atoms. The molecular formula is C10H13F2NO4. The largest absolute Gasteiger partial charge is 0.467 e. The van der Waals surface area contributed by atoms with Gasteiger partial charge in [-0.05, 0) is 6.07 Å². The van der Waals surface area contributed by atoms with Crippen LogP contribution in [0.4, 0.5) is 8.78 Å². The van der Waals surface area contributed by atoms with E-state index in [2.05, 4.69) is 10.1 Å². The van der Waals surface area contributed by atoms with Crippen LogP contribution in [-0.4, -0.2) is 37.3 Å². The molecule has 2 N–H and O–H groups in total. The number of hydrogen-bond acceptors (Lipinski definition) is 5. The third-order valence-electron chi connectivity index (χ3n) is 2.02. The summed E-state index contributed by atoms with van der Waals surface area (Å²) in [7, 11) is 1.24. The van der Waals surface area contributed by atoms with Crippen LogP contribution < -0.4 is 5.32 Å². The van der Waals surface area contributed by atoms with Crippen LogP contribution in [0.2, 0.25) is 0 Å². The fraction of sp³-hybridized carbons (Fsp3) is 0.500. The van der Waals surface area contributed by atoms with Gasteiger partial charge in [-0.25, -0.2) is 13.6 Å². The number of rotatable bonds is 6. The molecule has 0 amide bonds. The Morgan fingerprint density at radius 3 is 2.94 bits per heavy atom. The highest BCUT2D eigenvalue weighted by Crippen LogP contribution is 2.09. The number of hydrogen-bond donors (Lipinski definition) is 2. The van der Waals surface area contributed by atoms with Crippen molar-refractivity contribution in [2.24, 2.45) is 0 Å². The predicted octanol–water partition coefficient (Wildman–Crippen LogP) is 0.782. The van der Waals surface area contributed by atoms with E-state index in [0.717, 1.165) is 0 Å². The Labute approximate surface area is 96.4 Å². The third-order valence-corrected chi connectivity index (χ3v) is 2.02. The number of furan rings is 1. The molecule has 7 heteroatoms. The number of esters is 1. The first-order chi connectivity index (χ1) is 8.04. The summed E-state index contributed by atoms with van der Waals surface area (Å²) in [5.74, 6) is -0.139. The summed E-state index contributed by atoms with van der Waals surface area (Å²) in [4.78, 5) is 11.1. The number of ether oxygens (including phenoxy) is 1. The molecule has 96 valence electrons. The van der Waals surface area contributed by atoms with Crippen molar-refractivity contribution in [2.45, 2.75) is 19.1 Å². The molecule has 1 unspecified atom stereocenters. The van der Waals surface area contributed by atoms with Gasteiger partial charge in [-0.15, -0.1) is 0 Å². The molecule has 1 atom stereocenters. The smallest absolute Gasteiger partial charge is 0.341 e. The fourth-order valence-electron chi connectivity index (χ4n) is 1.13. The van der Waals surface area contributed by atoms with Gasteiger partial charge in [0.1, 0.15) is 18.1 Å². The summed E-state index contributed by atoms with van der Waals surface area (Å²) < 4.78 is 33.3. The van der Waals surface area contributed by atoms with Crippen molar-refractivity contribution in [3.05, 3.63) is 23.7 Å². The molecule has 0 aliphatic rings. The zero-order valence-electron chi connectivity index (χ0n) is 9.15. The van der Waals surface area contributed by atoms with Gasteiger partial charge >= 0.3 is 5.97 Å². The molecule has 0 saturated heterocycles. The zero-order valence-corrected chi connectivity index (χ0v) is 9.15. The van der Waals surface area contributed by atoms with Gasteiger partial charge in [-0.2, -0.15) is 0 Å². The molecule has 0 fully saturated rings. The molecule has 0 saturated carbocycles. The minimum atomic E-state index is -2.79. The minimum Gasteiger partial charge on any atom is -0.467 e. The highest BCUT2D eigenvalue weighted by atomic mass is 19.3. The molecule has 0 spiro atoms. The first kappa shape index (κ1) is 13.6. The number of halogens is 2. The minimum absolute atomic E-state index is 0.140. The van der Waals surface area contributed by atoms with E-state index >= 15 is 0 Å². The normalized spacial score (nSPS) is 12.8. The monoisotopic (exact) mass is 249 g/mol. The Hall–Kier alpha value is -1.47. The molecule has 1 aromatic heterocycles. The molecule has 0 aliphatic heterocycles. The van der Waals surface area contributed by atoms with Crippen LogP contribution in [0.3, 0.4) is 0 Å². The second kappa shape index (κ2) is 6.31. The van der Waals surface area contributed by atoms with E-state index in [1.807, 2.05) is 0 Å². The van der Waals surface area contributed by atoms with Gasteiger partial charge in [-0.1, -0.05) is 0 Å².